The molecule has 6 heteroatoms. The topological polar surface area (TPSA) is 47.6 Å². The lowest BCUT2D eigenvalue weighted by atomic mass is 10.2. The van der Waals surface area contributed by atoms with Crippen LogP contribution in [0.15, 0.2) is 16.6 Å². The molecule has 1 rings (SSSR count). The van der Waals surface area contributed by atoms with Gasteiger partial charge in [-0.3, -0.25) is 4.21 Å². The highest BCUT2D eigenvalue weighted by Gasteiger charge is 2.10. The second-order valence-electron chi connectivity index (χ2n) is 4.12. The summed E-state index contributed by atoms with van der Waals surface area (Å²) in [5.41, 5.74) is 1.11. The van der Waals surface area contributed by atoms with Gasteiger partial charge in [-0.1, -0.05) is 0 Å². The first kappa shape index (κ1) is 16.5. The molecule has 108 valence electrons. The van der Waals surface area contributed by atoms with Crippen molar-refractivity contribution in [3.05, 3.63) is 22.2 Å². The summed E-state index contributed by atoms with van der Waals surface area (Å²) in [5, 5.41) is 3.32. The molecule has 0 aliphatic rings. The van der Waals surface area contributed by atoms with E-state index in [9.17, 15) is 4.21 Å². The average Bonchev–Trinajstić information content (AvgIpc) is 2.37. The van der Waals surface area contributed by atoms with Gasteiger partial charge in [0.25, 0.3) is 0 Å². The number of benzene rings is 1. The van der Waals surface area contributed by atoms with Gasteiger partial charge in [-0.15, -0.1) is 0 Å². The van der Waals surface area contributed by atoms with Crippen LogP contribution in [0.2, 0.25) is 0 Å². The zero-order valence-electron chi connectivity index (χ0n) is 11.5. The molecule has 1 aromatic rings. The van der Waals surface area contributed by atoms with Crippen molar-refractivity contribution in [2.24, 2.45) is 0 Å². The van der Waals surface area contributed by atoms with Gasteiger partial charge in [0, 0.05) is 29.4 Å². The molecule has 1 N–H and O–H groups in total. The van der Waals surface area contributed by atoms with Crippen LogP contribution in [-0.2, 0) is 17.3 Å². The van der Waals surface area contributed by atoms with Gasteiger partial charge in [-0.05, 0) is 46.6 Å². The minimum atomic E-state index is -0.711. The highest BCUT2D eigenvalue weighted by molar-refractivity contribution is 9.10. The van der Waals surface area contributed by atoms with E-state index in [4.69, 9.17) is 9.47 Å². The van der Waals surface area contributed by atoms with Gasteiger partial charge in [-0.25, -0.2) is 0 Å². The molecule has 1 unspecified atom stereocenters. The Hall–Kier alpha value is -0.590. The molecule has 1 atom stereocenters. The molecular weight excluding hydrogens is 330 g/mol. The Morgan fingerprint density at radius 3 is 2.63 bits per heavy atom. The van der Waals surface area contributed by atoms with E-state index >= 15 is 0 Å². The number of hydrogen-bond acceptors (Lipinski definition) is 4. The summed E-state index contributed by atoms with van der Waals surface area (Å²) in [4.78, 5) is 0. The van der Waals surface area contributed by atoms with E-state index in [0.717, 1.165) is 35.3 Å². The second kappa shape index (κ2) is 8.55. The fraction of sp³-hybridized carbons (Fsp3) is 0.538. The maximum Gasteiger partial charge on any atom is 0.174 e. The fourth-order valence-electron chi connectivity index (χ4n) is 1.71. The van der Waals surface area contributed by atoms with E-state index < -0.39 is 10.8 Å². The Labute approximate surface area is 125 Å². The minimum absolute atomic E-state index is 0.702. The number of nitrogens with one attached hydrogen (secondary N) is 1. The molecule has 0 fully saturated rings. The van der Waals surface area contributed by atoms with Crippen molar-refractivity contribution in [2.75, 3.05) is 32.8 Å². The highest BCUT2D eigenvalue weighted by Crippen LogP contribution is 2.36. The maximum atomic E-state index is 10.9. The van der Waals surface area contributed by atoms with Crippen LogP contribution in [0, 0.1) is 0 Å². The van der Waals surface area contributed by atoms with E-state index in [-0.39, 0.29) is 0 Å². The van der Waals surface area contributed by atoms with Crippen molar-refractivity contribution in [1.82, 2.24) is 5.32 Å². The lowest BCUT2D eigenvalue weighted by molar-refractivity contribution is 0.352. The first-order chi connectivity index (χ1) is 9.08. The van der Waals surface area contributed by atoms with E-state index in [1.807, 2.05) is 12.1 Å². The summed E-state index contributed by atoms with van der Waals surface area (Å²) in [7, 11) is 2.53. The molecule has 0 heterocycles. The average molecular weight is 350 g/mol. The van der Waals surface area contributed by atoms with Gasteiger partial charge in [0.15, 0.2) is 11.5 Å². The van der Waals surface area contributed by atoms with Gasteiger partial charge in [-0.2, -0.15) is 0 Å². The Balaban J connectivity index is 2.55. The predicted molar refractivity (Wildman–Crippen MR) is 82.5 cm³/mol. The Morgan fingerprint density at radius 1 is 1.32 bits per heavy atom. The highest BCUT2D eigenvalue weighted by atomic mass is 79.9. The van der Waals surface area contributed by atoms with Gasteiger partial charge in [0.1, 0.15) is 0 Å². The molecule has 19 heavy (non-hydrogen) atoms. The zero-order valence-corrected chi connectivity index (χ0v) is 13.9. The standard InChI is InChI=1S/C13H20BrNO3S/c1-17-12-8-10(7-11(14)13(12)18-2)9-15-5-4-6-19(3)16/h7-8,15H,4-6,9H2,1-3H3. The number of ether oxygens (including phenoxy) is 2. The second-order valence-corrected chi connectivity index (χ2v) is 6.53. The number of halogens is 1. The van der Waals surface area contributed by atoms with Crippen LogP contribution in [0.25, 0.3) is 0 Å². The maximum absolute atomic E-state index is 10.9. The Morgan fingerprint density at radius 2 is 2.05 bits per heavy atom. The van der Waals surface area contributed by atoms with E-state index in [1.165, 1.54) is 0 Å². The first-order valence-electron chi connectivity index (χ1n) is 5.99. The lowest BCUT2D eigenvalue weighted by Crippen LogP contribution is -2.16. The molecule has 0 amide bonds. The molecule has 1 aromatic carbocycles. The smallest absolute Gasteiger partial charge is 0.174 e. The lowest BCUT2D eigenvalue weighted by Gasteiger charge is -2.12. The van der Waals surface area contributed by atoms with Crippen molar-refractivity contribution >= 4 is 26.7 Å². The van der Waals surface area contributed by atoms with Crippen LogP contribution in [0.1, 0.15) is 12.0 Å². The van der Waals surface area contributed by atoms with Crippen LogP contribution in [0.4, 0.5) is 0 Å². The quantitative estimate of drug-likeness (QED) is 0.731. The summed E-state index contributed by atoms with van der Waals surface area (Å²) >= 11 is 3.47. The van der Waals surface area contributed by atoms with Crippen LogP contribution < -0.4 is 14.8 Å². The first-order valence-corrected chi connectivity index (χ1v) is 8.51. The predicted octanol–water partition coefficient (Wildman–Crippen LogP) is 2.32. The summed E-state index contributed by atoms with van der Waals surface area (Å²) in [6.45, 7) is 1.60. The van der Waals surface area contributed by atoms with Gasteiger partial charge in [0.05, 0.1) is 18.7 Å². The summed E-state index contributed by atoms with van der Waals surface area (Å²) in [5.74, 6) is 2.15. The summed E-state index contributed by atoms with van der Waals surface area (Å²) < 4.78 is 22.4. The molecule has 0 saturated heterocycles. The molecule has 0 aliphatic heterocycles. The zero-order chi connectivity index (χ0) is 14.3. The molecule has 4 nitrogen and oxygen atoms in total. The summed E-state index contributed by atoms with van der Waals surface area (Å²) in [6.07, 6.45) is 2.64. The fourth-order valence-corrected chi connectivity index (χ4v) is 2.91. The molecule has 0 radical (unpaired) electrons. The third-order valence-electron chi connectivity index (χ3n) is 2.61. The molecule has 0 bridgehead atoms. The van der Waals surface area contributed by atoms with Crippen LogP contribution in [0.3, 0.4) is 0 Å². The summed E-state index contributed by atoms with van der Waals surface area (Å²) in [6, 6.07) is 3.96. The van der Waals surface area contributed by atoms with Gasteiger partial charge < -0.3 is 14.8 Å². The van der Waals surface area contributed by atoms with E-state index in [2.05, 4.69) is 21.2 Å². The van der Waals surface area contributed by atoms with E-state index in [0.29, 0.717) is 11.5 Å². The van der Waals surface area contributed by atoms with Crippen LogP contribution in [-0.4, -0.2) is 37.0 Å². The van der Waals surface area contributed by atoms with Crippen molar-refractivity contribution < 1.29 is 13.7 Å². The monoisotopic (exact) mass is 349 g/mol. The number of hydrogen-bond donors (Lipinski definition) is 1. The minimum Gasteiger partial charge on any atom is -0.493 e. The van der Waals surface area contributed by atoms with Crippen molar-refractivity contribution in [3.63, 3.8) is 0 Å². The third-order valence-corrected chi connectivity index (χ3v) is 4.06. The van der Waals surface area contributed by atoms with E-state index in [1.54, 1.807) is 20.5 Å². The Kier molecular flexibility index (Phi) is 7.41. The van der Waals surface area contributed by atoms with Crippen molar-refractivity contribution in [1.29, 1.82) is 0 Å². The number of methoxy groups -OCH3 is 2. The van der Waals surface area contributed by atoms with Crippen LogP contribution in [0.5, 0.6) is 11.5 Å². The largest absolute Gasteiger partial charge is 0.493 e. The van der Waals surface area contributed by atoms with Crippen LogP contribution >= 0.6 is 15.9 Å². The molecule has 0 aromatic heterocycles. The molecular formula is C13H20BrNO3S. The SMILES string of the molecule is COc1cc(CNCCCS(C)=O)cc(Br)c1OC. The normalized spacial score (nSPS) is 12.2. The third kappa shape index (κ3) is 5.50. The van der Waals surface area contributed by atoms with Gasteiger partial charge >= 0.3 is 0 Å². The Bertz CT molecular complexity index is 440. The molecule has 0 spiro atoms. The van der Waals surface area contributed by atoms with Crippen molar-refractivity contribution in [3.8, 4) is 11.5 Å². The van der Waals surface area contributed by atoms with Gasteiger partial charge in [0.2, 0.25) is 0 Å². The molecule has 0 saturated carbocycles. The number of rotatable bonds is 8. The molecule has 0 aliphatic carbocycles. The van der Waals surface area contributed by atoms with Crippen molar-refractivity contribution in [2.45, 2.75) is 13.0 Å².